The van der Waals surface area contributed by atoms with Crippen LogP contribution >= 0.6 is 0 Å². The number of amides is 1. The van der Waals surface area contributed by atoms with Gasteiger partial charge in [0.15, 0.2) is 0 Å². The summed E-state index contributed by atoms with van der Waals surface area (Å²) >= 11 is 0. The van der Waals surface area contributed by atoms with Gasteiger partial charge in [0.05, 0.1) is 17.7 Å². The molecular formula is C14H15N3O. The van der Waals surface area contributed by atoms with Gasteiger partial charge in [-0.2, -0.15) is 10.5 Å². The molecule has 0 unspecified atom stereocenters. The first-order valence-electron chi connectivity index (χ1n) is 5.78. The maximum atomic E-state index is 12.0. The largest absolute Gasteiger partial charge is 0.334 e. The van der Waals surface area contributed by atoms with E-state index in [0.717, 1.165) is 6.42 Å². The van der Waals surface area contributed by atoms with Crippen LogP contribution in [0.1, 0.15) is 42.6 Å². The summed E-state index contributed by atoms with van der Waals surface area (Å²) < 4.78 is 0. The lowest BCUT2D eigenvalue weighted by atomic mass is 9.97. The Kier molecular flexibility index (Phi) is 4.45. The highest BCUT2D eigenvalue weighted by Crippen LogP contribution is 2.13. The second-order valence-electron chi connectivity index (χ2n) is 4.34. The maximum Gasteiger partial charge on any atom is 0.252 e. The highest BCUT2D eigenvalue weighted by atomic mass is 16.1. The van der Waals surface area contributed by atoms with Crippen molar-refractivity contribution >= 4 is 5.91 Å². The Morgan fingerprint density at radius 1 is 1.44 bits per heavy atom. The van der Waals surface area contributed by atoms with Crippen LogP contribution < -0.4 is 5.32 Å². The molecule has 1 aromatic carbocycles. The van der Waals surface area contributed by atoms with Crippen molar-refractivity contribution in [3.05, 3.63) is 35.4 Å². The molecule has 0 heterocycles. The lowest BCUT2D eigenvalue weighted by Gasteiger charge is -2.22. The van der Waals surface area contributed by atoms with Crippen molar-refractivity contribution in [2.75, 3.05) is 0 Å². The molecule has 1 rings (SSSR count). The zero-order chi connectivity index (χ0) is 13.6. The SMILES string of the molecule is CCC[C@](C)(C#N)NC(=O)c1cccc(C#N)c1. The minimum absolute atomic E-state index is 0.329. The van der Waals surface area contributed by atoms with E-state index < -0.39 is 5.54 Å². The third-order valence-electron chi connectivity index (χ3n) is 2.64. The number of carbonyl (C=O) groups is 1. The van der Waals surface area contributed by atoms with Gasteiger partial charge in [0.25, 0.3) is 5.91 Å². The summed E-state index contributed by atoms with van der Waals surface area (Å²) in [5.41, 5.74) is -0.0440. The number of hydrogen-bond acceptors (Lipinski definition) is 3. The first-order valence-corrected chi connectivity index (χ1v) is 5.78. The quantitative estimate of drug-likeness (QED) is 0.879. The standard InChI is InChI=1S/C14H15N3O/c1-3-7-14(2,10-16)17-13(18)12-6-4-5-11(8-12)9-15/h4-6,8H,3,7H2,1-2H3,(H,17,18)/t14-/m1/s1. The predicted molar refractivity (Wildman–Crippen MR) is 67.5 cm³/mol. The van der Waals surface area contributed by atoms with Gasteiger partial charge in [0.2, 0.25) is 0 Å². The Morgan fingerprint density at radius 3 is 2.72 bits per heavy atom. The summed E-state index contributed by atoms with van der Waals surface area (Å²) in [5, 5.41) is 20.6. The minimum atomic E-state index is -0.867. The van der Waals surface area contributed by atoms with E-state index in [4.69, 9.17) is 10.5 Å². The summed E-state index contributed by atoms with van der Waals surface area (Å²) in [6.45, 7) is 3.65. The van der Waals surface area contributed by atoms with Crippen molar-refractivity contribution in [2.45, 2.75) is 32.2 Å². The zero-order valence-electron chi connectivity index (χ0n) is 10.5. The summed E-state index contributed by atoms with van der Waals surface area (Å²) in [4.78, 5) is 12.0. The summed E-state index contributed by atoms with van der Waals surface area (Å²) in [6.07, 6.45) is 1.40. The van der Waals surface area contributed by atoms with Crippen molar-refractivity contribution in [1.82, 2.24) is 5.32 Å². The Balaban J connectivity index is 2.89. The van der Waals surface area contributed by atoms with Crippen molar-refractivity contribution in [2.24, 2.45) is 0 Å². The lowest BCUT2D eigenvalue weighted by Crippen LogP contribution is -2.44. The van der Waals surface area contributed by atoms with Crippen LogP contribution in [-0.4, -0.2) is 11.4 Å². The number of rotatable bonds is 4. The van der Waals surface area contributed by atoms with Gasteiger partial charge in [0.1, 0.15) is 5.54 Å². The van der Waals surface area contributed by atoms with Crippen molar-refractivity contribution in [1.29, 1.82) is 10.5 Å². The van der Waals surface area contributed by atoms with E-state index >= 15 is 0 Å². The number of nitrogens with one attached hydrogen (secondary N) is 1. The van der Waals surface area contributed by atoms with Crippen LogP contribution in [0.3, 0.4) is 0 Å². The highest BCUT2D eigenvalue weighted by molar-refractivity contribution is 5.95. The molecule has 0 radical (unpaired) electrons. The predicted octanol–water partition coefficient (Wildman–Crippen LogP) is 2.37. The van der Waals surface area contributed by atoms with Gasteiger partial charge in [-0.15, -0.1) is 0 Å². The van der Waals surface area contributed by atoms with E-state index in [1.807, 2.05) is 13.0 Å². The third kappa shape index (κ3) is 3.33. The normalized spacial score (nSPS) is 12.9. The van der Waals surface area contributed by atoms with Crippen LogP contribution in [0.25, 0.3) is 0 Å². The van der Waals surface area contributed by atoms with E-state index in [2.05, 4.69) is 11.4 Å². The van der Waals surface area contributed by atoms with Gasteiger partial charge >= 0.3 is 0 Å². The van der Waals surface area contributed by atoms with E-state index in [9.17, 15) is 4.79 Å². The van der Waals surface area contributed by atoms with E-state index in [-0.39, 0.29) is 5.91 Å². The fraction of sp³-hybridized carbons (Fsp3) is 0.357. The van der Waals surface area contributed by atoms with Crippen molar-refractivity contribution in [3.8, 4) is 12.1 Å². The molecule has 1 atom stereocenters. The van der Waals surface area contributed by atoms with Gasteiger partial charge in [-0.1, -0.05) is 19.4 Å². The van der Waals surface area contributed by atoms with Crippen LogP contribution in [0.5, 0.6) is 0 Å². The minimum Gasteiger partial charge on any atom is -0.334 e. The van der Waals surface area contributed by atoms with Gasteiger partial charge in [0, 0.05) is 5.56 Å². The summed E-state index contributed by atoms with van der Waals surface area (Å²) in [7, 11) is 0. The Morgan fingerprint density at radius 2 is 2.17 bits per heavy atom. The number of benzene rings is 1. The molecule has 4 heteroatoms. The topological polar surface area (TPSA) is 76.7 Å². The van der Waals surface area contributed by atoms with Crippen LogP contribution in [0, 0.1) is 22.7 Å². The molecule has 1 amide bonds. The summed E-state index contributed by atoms with van der Waals surface area (Å²) in [5.74, 6) is -0.329. The Labute approximate surface area is 107 Å². The molecule has 0 bridgehead atoms. The molecule has 0 spiro atoms. The lowest BCUT2D eigenvalue weighted by molar-refractivity contribution is 0.0921. The first-order chi connectivity index (χ1) is 8.54. The van der Waals surface area contributed by atoms with Gasteiger partial charge in [-0.05, 0) is 31.5 Å². The fourth-order valence-corrected chi connectivity index (χ4v) is 1.70. The number of hydrogen-bond donors (Lipinski definition) is 1. The van der Waals surface area contributed by atoms with E-state index in [1.54, 1.807) is 25.1 Å². The van der Waals surface area contributed by atoms with Crippen LogP contribution in [0.4, 0.5) is 0 Å². The summed E-state index contributed by atoms with van der Waals surface area (Å²) in [6, 6.07) is 10.5. The Hall–Kier alpha value is -2.33. The molecule has 18 heavy (non-hydrogen) atoms. The smallest absolute Gasteiger partial charge is 0.252 e. The third-order valence-corrected chi connectivity index (χ3v) is 2.64. The Bertz CT molecular complexity index is 525. The van der Waals surface area contributed by atoms with E-state index in [0.29, 0.717) is 17.5 Å². The van der Waals surface area contributed by atoms with Crippen LogP contribution in [0.2, 0.25) is 0 Å². The molecular weight excluding hydrogens is 226 g/mol. The molecule has 0 aliphatic rings. The zero-order valence-corrected chi connectivity index (χ0v) is 10.5. The number of carbonyl (C=O) groups excluding carboxylic acids is 1. The molecule has 1 aromatic rings. The maximum absolute atomic E-state index is 12.0. The molecule has 1 N–H and O–H groups in total. The molecule has 92 valence electrons. The molecule has 0 aliphatic heterocycles. The molecule has 0 aromatic heterocycles. The molecule has 0 fully saturated rings. The average Bonchev–Trinajstić information content (AvgIpc) is 2.39. The molecule has 0 saturated heterocycles. The first kappa shape index (κ1) is 13.7. The van der Waals surface area contributed by atoms with Crippen molar-refractivity contribution in [3.63, 3.8) is 0 Å². The van der Waals surface area contributed by atoms with E-state index in [1.165, 1.54) is 6.07 Å². The van der Waals surface area contributed by atoms with Crippen molar-refractivity contribution < 1.29 is 4.79 Å². The second kappa shape index (κ2) is 5.84. The van der Waals surface area contributed by atoms with Gasteiger partial charge in [-0.3, -0.25) is 4.79 Å². The number of nitriles is 2. The fourth-order valence-electron chi connectivity index (χ4n) is 1.70. The molecule has 0 saturated carbocycles. The van der Waals surface area contributed by atoms with Crippen LogP contribution in [-0.2, 0) is 0 Å². The van der Waals surface area contributed by atoms with Crippen LogP contribution in [0.15, 0.2) is 24.3 Å². The van der Waals surface area contributed by atoms with Gasteiger partial charge in [-0.25, -0.2) is 0 Å². The highest BCUT2D eigenvalue weighted by Gasteiger charge is 2.25. The van der Waals surface area contributed by atoms with Gasteiger partial charge < -0.3 is 5.32 Å². The molecule has 4 nitrogen and oxygen atoms in total. The second-order valence-corrected chi connectivity index (χ2v) is 4.34. The average molecular weight is 241 g/mol. The monoisotopic (exact) mass is 241 g/mol. The number of nitrogens with zero attached hydrogens (tertiary/aromatic N) is 2. The molecule has 0 aliphatic carbocycles.